The highest BCUT2D eigenvalue weighted by Gasteiger charge is 2.18. The van der Waals surface area contributed by atoms with Crippen LogP contribution in [0, 0.1) is 6.92 Å². The van der Waals surface area contributed by atoms with Crippen LogP contribution in [0.2, 0.25) is 0 Å². The third kappa shape index (κ3) is 4.54. The van der Waals surface area contributed by atoms with Gasteiger partial charge in [-0.15, -0.1) is 11.3 Å². The molecule has 1 atom stereocenters. The van der Waals surface area contributed by atoms with E-state index in [-0.39, 0.29) is 18.2 Å². The van der Waals surface area contributed by atoms with Crippen molar-refractivity contribution in [1.29, 1.82) is 0 Å². The number of rotatable bonds is 6. The summed E-state index contributed by atoms with van der Waals surface area (Å²) >= 11 is 1.48. The molecule has 2 amide bonds. The van der Waals surface area contributed by atoms with Gasteiger partial charge in [0, 0.05) is 17.0 Å². The molecule has 1 aromatic carbocycles. The van der Waals surface area contributed by atoms with Gasteiger partial charge >= 0.3 is 0 Å². The van der Waals surface area contributed by atoms with Gasteiger partial charge in [0.15, 0.2) is 5.82 Å². The van der Waals surface area contributed by atoms with Crippen molar-refractivity contribution in [2.24, 2.45) is 0 Å². The Morgan fingerprint density at radius 1 is 1.27 bits per heavy atom. The van der Waals surface area contributed by atoms with E-state index in [0.29, 0.717) is 17.3 Å². The summed E-state index contributed by atoms with van der Waals surface area (Å²) in [5.41, 5.74) is 1.69. The number of nitrogens with one attached hydrogen (secondary N) is 2. The van der Waals surface area contributed by atoms with Gasteiger partial charge in [-0.25, -0.2) is 4.98 Å². The van der Waals surface area contributed by atoms with E-state index in [4.69, 9.17) is 4.52 Å². The number of aryl methyl sites for hydroxylation is 1. The summed E-state index contributed by atoms with van der Waals surface area (Å²) in [6, 6.07) is 10.7. The number of carbonyl (C=O) groups excluding carboxylic acids is 2. The fraction of sp³-hybridized carbons (Fsp3) is 0.222. The molecule has 3 aromatic rings. The third-order valence-electron chi connectivity index (χ3n) is 3.56. The summed E-state index contributed by atoms with van der Waals surface area (Å²) in [5, 5.41) is 11.6. The molecule has 0 saturated carbocycles. The largest absolute Gasteiger partial charge is 0.360 e. The van der Waals surface area contributed by atoms with E-state index in [0.717, 1.165) is 10.6 Å². The van der Waals surface area contributed by atoms with E-state index in [2.05, 4.69) is 20.8 Å². The van der Waals surface area contributed by atoms with Gasteiger partial charge in [-0.05, 0) is 13.8 Å². The Morgan fingerprint density at radius 3 is 2.73 bits per heavy atom. The summed E-state index contributed by atoms with van der Waals surface area (Å²) in [6.45, 7) is 3.34. The van der Waals surface area contributed by atoms with Crippen LogP contribution in [0.3, 0.4) is 0 Å². The first-order chi connectivity index (χ1) is 12.5. The van der Waals surface area contributed by atoms with Gasteiger partial charge in [-0.3, -0.25) is 9.59 Å². The molecule has 2 N–H and O–H groups in total. The Bertz CT molecular complexity index is 904. The monoisotopic (exact) mass is 370 g/mol. The zero-order valence-electron chi connectivity index (χ0n) is 14.4. The number of nitrogens with zero attached hydrogens (tertiary/aromatic N) is 2. The van der Waals surface area contributed by atoms with E-state index in [9.17, 15) is 9.59 Å². The highest BCUT2D eigenvalue weighted by Crippen LogP contribution is 2.23. The van der Waals surface area contributed by atoms with Crippen LogP contribution in [0.4, 0.5) is 5.82 Å². The molecule has 0 saturated heterocycles. The minimum Gasteiger partial charge on any atom is -0.360 e. The van der Waals surface area contributed by atoms with Crippen molar-refractivity contribution in [3.63, 3.8) is 0 Å². The first kappa shape index (κ1) is 17.8. The number of aromatic nitrogens is 2. The molecule has 0 bridgehead atoms. The van der Waals surface area contributed by atoms with Crippen molar-refractivity contribution in [3.05, 3.63) is 53.2 Å². The molecule has 0 unspecified atom stereocenters. The van der Waals surface area contributed by atoms with Crippen LogP contribution in [0.15, 0.2) is 46.3 Å². The van der Waals surface area contributed by atoms with Gasteiger partial charge in [0.1, 0.15) is 16.8 Å². The number of amides is 2. The maximum Gasteiger partial charge on any atom is 0.247 e. The van der Waals surface area contributed by atoms with E-state index < -0.39 is 6.04 Å². The van der Waals surface area contributed by atoms with Crippen molar-refractivity contribution >= 4 is 29.0 Å². The number of hydrogen-bond acceptors (Lipinski definition) is 6. The Hall–Kier alpha value is -3.00. The molecule has 0 radical (unpaired) electrons. The molecule has 0 aliphatic rings. The first-order valence-electron chi connectivity index (χ1n) is 8.04. The van der Waals surface area contributed by atoms with Crippen molar-refractivity contribution in [2.75, 3.05) is 5.32 Å². The van der Waals surface area contributed by atoms with Gasteiger partial charge in [-0.1, -0.05) is 35.5 Å². The van der Waals surface area contributed by atoms with Gasteiger partial charge < -0.3 is 15.2 Å². The molecular weight excluding hydrogens is 352 g/mol. The smallest absolute Gasteiger partial charge is 0.247 e. The first-order valence-corrected chi connectivity index (χ1v) is 8.92. The molecule has 26 heavy (non-hydrogen) atoms. The summed E-state index contributed by atoms with van der Waals surface area (Å²) in [5.74, 6) is 0.277. The lowest BCUT2D eigenvalue weighted by molar-refractivity contribution is -0.125. The lowest BCUT2D eigenvalue weighted by Gasteiger charge is -2.12. The highest BCUT2D eigenvalue weighted by molar-refractivity contribution is 7.13. The minimum atomic E-state index is -0.702. The number of carbonyl (C=O) groups is 2. The second-order valence-corrected chi connectivity index (χ2v) is 6.65. The van der Waals surface area contributed by atoms with E-state index in [1.54, 1.807) is 19.9 Å². The van der Waals surface area contributed by atoms with Gasteiger partial charge in [0.05, 0.1) is 12.1 Å². The summed E-state index contributed by atoms with van der Waals surface area (Å²) in [7, 11) is 0. The topological polar surface area (TPSA) is 97.1 Å². The molecular formula is C18H18N4O3S. The van der Waals surface area contributed by atoms with Crippen molar-refractivity contribution in [1.82, 2.24) is 15.5 Å². The van der Waals surface area contributed by atoms with Crippen LogP contribution in [0.25, 0.3) is 10.6 Å². The van der Waals surface area contributed by atoms with Crippen LogP contribution >= 0.6 is 11.3 Å². The minimum absolute atomic E-state index is 0.115. The third-order valence-corrected chi connectivity index (χ3v) is 4.50. The van der Waals surface area contributed by atoms with Crippen molar-refractivity contribution in [2.45, 2.75) is 26.3 Å². The van der Waals surface area contributed by atoms with Crippen LogP contribution < -0.4 is 10.6 Å². The highest BCUT2D eigenvalue weighted by atomic mass is 32.1. The Morgan fingerprint density at radius 2 is 2.04 bits per heavy atom. The zero-order valence-corrected chi connectivity index (χ0v) is 15.2. The second-order valence-electron chi connectivity index (χ2n) is 5.79. The molecule has 2 aromatic heterocycles. The fourth-order valence-corrected chi connectivity index (χ4v) is 3.11. The van der Waals surface area contributed by atoms with E-state index in [1.165, 1.54) is 11.3 Å². The number of anilines is 1. The summed E-state index contributed by atoms with van der Waals surface area (Å²) in [4.78, 5) is 28.7. The predicted molar refractivity (Wildman–Crippen MR) is 98.7 cm³/mol. The van der Waals surface area contributed by atoms with Crippen molar-refractivity contribution < 1.29 is 14.1 Å². The van der Waals surface area contributed by atoms with Gasteiger partial charge in [0.2, 0.25) is 11.8 Å². The molecule has 0 aliphatic carbocycles. The zero-order chi connectivity index (χ0) is 18.5. The standard InChI is InChI=1S/C18H18N4O3S/c1-11-8-15(22-25-11)21-17(24)12(2)19-16(23)9-14-10-26-18(20-14)13-6-4-3-5-7-13/h3-8,10,12H,9H2,1-2H3,(H,19,23)(H,21,22,24)/t12-/m1/s1. The number of hydrogen-bond donors (Lipinski definition) is 2. The van der Waals surface area contributed by atoms with Gasteiger partial charge in [-0.2, -0.15) is 0 Å². The van der Waals surface area contributed by atoms with Crippen LogP contribution in [-0.4, -0.2) is 28.0 Å². The average molecular weight is 370 g/mol. The van der Waals surface area contributed by atoms with Crippen molar-refractivity contribution in [3.8, 4) is 10.6 Å². The van der Waals surface area contributed by atoms with Crippen LogP contribution in [0.1, 0.15) is 18.4 Å². The Balaban J connectivity index is 1.53. The molecule has 134 valence electrons. The molecule has 2 heterocycles. The molecule has 8 heteroatoms. The molecule has 0 spiro atoms. The number of thiazole rings is 1. The normalized spacial score (nSPS) is 11.8. The average Bonchev–Trinajstić information content (AvgIpc) is 3.24. The quantitative estimate of drug-likeness (QED) is 0.695. The maximum atomic E-state index is 12.2. The molecule has 0 aliphatic heterocycles. The summed E-state index contributed by atoms with van der Waals surface area (Å²) < 4.78 is 4.88. The predicted octanol–water partition coefficient (Wildman–Crippen LogP) is 2.79. The molecule has 7 nitrogen and oxygen atoms in total. The fourth-order valence-electron chi connectivity index (χ4n) is 2.28. The van der Waals surface area contributed by atoms with Crippen LogP contribution in [0.5, 0.6) is 0 Å². The van der Waals surface area contributed by atoms with E-state index >= 15 is 0 Å². The maximum absolute atomic E-state index is 12.2. The van der Waals surface area contributed by atoms with Gasteiger partial charge in [0.25, 0.3) is 0 Å². The lowest BCUT2D eigenvalue weighted by atomic mass is 10.2. The SMILES string of the molecule is Cc1cc(NC(=O)[C@@H](C)NC(=O)Cc2csc(-c3ccccc3)n2)no1. The Labute approximate surface area is 154 Å². The number of benzene rings is 1. The summed E-state index contributed by atoms with van der Waals surface area (Å²) in [6.07, 6.45) is 0.115. The second kappa shape index (κ2) is 7.92. The van der Waals surface area contributed by atoms with E-state index in [1.807, 2.05) is 35.7 Å². The molecule has 3 rings (SSSR count). The lowest BCUT2D eigenvalue weighted by Crippen LogP contribution is -2.42. The Kier molecular flexibility index (Phi) is 5.43. The molecule has 0 fully saturated rings. The van der Waals surface area contributed by atoms with Crippen LogP contribution in [-0.2, 0) is 16.0 Å².